The van der Waals surface area contributed by atoms with Crippen LogP contribution in [0.25, 0.3) is 21.5 Å². The molecule has 2 heterocycles. The van der Waals surface area contributed by atoms with Gasteiger partial charge in [0.2, 0.25) is 5.91 Å². The highest BCUT2D eigenvalue weighted by Crippen LogP contribution is 2.37. The largest absolute Gasteiger partial charge is 0.354 e. The van der Waals surface area contributed by atoms with Crippen molar-refractivity contribution in [2.45, 2.75) is 31.8 Å². The van der Waals surface area contributed by atoms with E-state index in [9.17, 15) is 9.59 Å². The molecule has 0 aliphatic heterocycles. The van der Waals surface area contributed by atoms with Gasteiger partial charge in [0.1, 0.15) is 0 Å². The van der Waals surface area contributed by atoms with Crippen LogP contribution in [0.4, 0.5) is 0 Å². The molecule has 1 aliphatic carbocycles. The van der Waals surface area contributed by atoms with Crippen LogP contribution in [0, 0.1) is 0 Å². The van der Waals surface area contributed by atoms with E-state index < -0.39 is 0 Å². The third-order valence-electron chi connectivity index (χ3n) is 5.40. The smallest absolute Gasteiger partial charge is 0.346 e. The molecule has 0 radical (unpaired) electrons. The lowest BCUT2D eigenvalue weighted by Gasteiger charge is -2.08. The Kier molecular flexibility index (Phi) is 4.96. The number of nitrogens with one attached hydrogen (secondary N) is 1. The van der Waals surface area contributed by atoms with Gasteiger partial charge in [0.05, 0.1) is 17.8 Å². The molecule has 1 aliphatic rings. The Morgan fingerprint density at radius 2 is 1.93 bits per heavy atom. The average Bonchev–Trinajstić information content (AvgIpc) is 3.33. The number of hydrogen-bond donors (Lipinski definition) is 1. The van der Waals surface area contributed by atoms with Crippen molar-refractivity contribution in [1.29, 1.82) is 0 Å². The first-order chi connectivity index (χ1) is 14.7. The first-order valence-corrected chi connectivity index (χ1v) is 11.1. The Bertz CT molecular complexity index is 1250. The first kappa shape index (κ1) is 18.8. The zero-order valence-corrected chi connectivity index (χ0v) is 17.3. The van der Waals surface area contributed by atoms with E-state index in [0.29, 0.717) is 19.5 Å². The molecule has 6 nitrogen and oxygen atoms in total. The minimum absolute atomic E-state index is 0.0560. The van der Waals surface area contributed by atoms with E-state index in [1.807, 2.05) is 64.5 Å². The second-order valence-electron chi connectivity index (χ2n) is 7.57. The summed E-state index contributed by atoms with van der Waals surface area (Å²) in [5, 5.41) is 11.7. The standard InChI is InChI=1S/C23H22N4O2S/c28-21(15-17-7-3-6-16-5-1-2-8-19(16)17)24-12-13-26-23(29)27(18-10-11-18)22(25-26)20-9-4-14-30-20/h1-9,14,18H,10-13,15H2,(H,24,28). The number of fused-ring (bicyclic) bond motifs is 1. The summed E-state index contributed by atoms with van der Waals surface area (Å²) < 4.78 is 3.29. The lowest BCUT2D eigenvalue weighted by molar-refractivity contribution is -0.120. The predicted molar refractivity (Wildman–Crippen MR) is 119 cm³/mol. The molecule has 1 N–H and O–H groups in total. The molecule has 7 heteroatoms. The summed E-state index contributed by atoms with van der Waals surface area (Å²) in [5.74, 6) is 0.680. The van der Waals surface area contributed by atoms with Crippen LogP contribution >= 0.6 is 11.3 Å². The Morgan fingerprint density at radius 3 is 2.73 bits per heavy atom. The molecule has 0 spiro atoms. The molecule has 0 unspecified atom stereocenters. The van der Waals surface area contributed by atoms with Gasteiger partial charge in [-0.1, -0.05) is 48.5 Å². The van der Waals surface area contributed by atoms with Crippen molar-refractivity contribution >= 4 is 28.0 Å². The van der Waals surface area contributed by atoms with Crippen LogP contribution in [0.15, 0.2) is 64.8 Å². The summed E-state index contributed by atoms with van der Waals surface area (Å²) in [4.78, 5) is 26.3. The molecule has 5 rings (SSSR count). The monoisotopic (exact) mass is 418 g/mol. The van der Waals surface area contributed by atoms with Gasteiger partial charge in [-0.05, 0) is 40.6 Å². The fraction of sp³-hybridized carbons (Fsp3) is 0.261. The van der Waals surface area contributed by atoms with Gasteiger partial charge in [-0.25, -0.2) is 9.48 Å². The van der Waals surface area contributed by atoms with E-state index in [4.69, 9.17) is 0 Å². The van der Waals surface area contributed by atoms with E-state index in [0.717, 1.165) is 39.9 Å². The number of benzene rings is 2. The minimum Gasteiger partial charge on any atom is -0.354 e. The van der Waals surface area contributed by atoms with E-state index >= 15 is 0 Å². The van der Waals surface area contributed by atoms with E-state index in [1.165, 1.54) is 4.68 Å². The topological polar surface area (TPSA) is 68.9 Å². The highest BCUT2D eigenvalue weighted by molar-refractivity contribution is 7.13. The third-order valence-corrected chi connectivity index (χ3v) is 6.27. The van der Waals surface area contributed by atoms with Crippen LogP contribution in [0.3, 0.4) is 0 Å². The summed E-state index contributed by atoms with van der Waals surface area (Å²) in [5.41, 5.74) is 0.907. The van der Waals surface area contributed by atoms with Crippen molar-refractivity contribution in [3.8, 4) is 10.7 Å². The molecular formula is C23H22N4O2S. The number of rotatable bonds is 7. The Labute approximate surface area is 177 Å². The van der Waals surface area contributed by atoms with Crippen molar-refractivity contribution in [1.82, 2.24) is 19.7 Å². The van der Waals surface area contributed by atoms with Crippen LogP contribution in [-0.4, -0.2) is 26.8 Å². The van der Waals surface area contributed by atoms with Crippen molar-refractivity contribution in [2.75, 3.05) is 6.54 Å². The molecule has 2 aromatic heterocycles. The third kappa shape index (κ3) is 3.68. The number of aromatic nitrogens is 3. The maximum atomic E-state index is 12.8. The molecule has 152 valence electrons. The van der Waals surface area contributed by atoms with Gasteiger partial charge in [-0.2, -0.15) is 0 Å². The molecule has 1 amide bonds. The molecule has 1 fully saturated rings. The van der Waals surface area contributed by atoms with Crippen molar-refractivity contribution in [3.63, 3.8) is 0 Å². The van der Waals surface area contributed by atoms with Gasteiger partial charge in [0.25, 0.3) is 0 Å². The van der Waals surface area contributed by atoms with Crippen molar-refractivity contribution in [3.05, 3.63) is 76.0 Å². The fourth-order valence-electron chi connectivity index (χ4n) is 3.78. The number of amides is 1. The average molecular weight is 419 g/mol. The minimum atomic E-state index is -0.0933. The first-order valence-electron chi connectivity index (χ1n) is 10.2. The molecule has 4 aromatic rings. The fourth-order valence-corrected chi connectivity index (χ4v) is 4.49. The number of hydrogen-bond acceptors (Lipinski definition) is 4. The molecule has 30 heavy (non-hydrogen) atoms. The van der Waals surface area contributed by atoms with Gasteiger partial charge in [0, 0.05) is 12.6 Å². The van der Waals surface area contributed by atoms with E-state index in [-0.39, 0.29) is 17.6 Å². The number of thiophene rings is 1. The van der Waals surface area contributed by atoms with E-state index in [1.54, 1.807) is 11.3 Å². The predicted octanol–water partition coefficient (Wildman–Crippen LogP) is 3.62. The Balaban J connectivity index is 1.26. The zero-order valence-electron chi connectivity index (χ0n) is 16.5. The van der Waals surface area contributed by atoms with Gasteiger partial charge in [-0.3, -0.25) is 9.36 Å². The second kappa shape index (κ2) is 7.91. The SMILES string of the molecule is O=C(Cc1cccc2ccccc12)NCCn1nc(-c2cccs2)n(C2CC2)c1=O. The van der Waals surface area contributed by atoms with Crippen LogP contribution in [0.5, 0.6) is 0 Å². The highest BCUT2D eigenvalue weighted by Gasteiger charge is 2.30. The summed E-state index contributed by atoms with van der Waals surface area (Å²) in [6, 6.07) is 18.3. The lowest BCUT2D eigenvalue weighted by atomic mass is 10.0. The van der Waals surface area contributed by atoms with Gasteiger partial charge >= 0.3 is 5.69 Å². The number of carbonyl (C=O) groups excluding carboxylic acids is 1. The molecule has 1 saturated carbocycles. The maximum Gasteiger partial charge on any atom is 0.346 e. The van der Waals surface area contributed by atoms with Crippen LogP contribution in [-0.2, 0) is 17.8 Å². The second-order valence-corrected chi connectivity index (χ2v) is 8.52. The molecular weight excluding hydrogens is 396 g/mol. The Morgan fingerprint density at radius 1 is 1.10 bits per heavy atom. The number of carbonyl (C=O) groups is 1. The van der Waals surface area contributed by atoms with Crippen molar-refractivity contribution < 1.29 is 4.79 Å². The summed E-state index contributed by atoms with van der Waals surface area (Å²) in [7, 11) is 0. The number of nitrogens with zero attached hydrogens (tertiary/aromatic N) is 3. The molecule has 0 bridgehead atoms. The summed E-state index contributed by atoms with van der Waals surface area (Å²) >= 11 is 1.58. The zero-order chi connectivity index (χ0) is 20.5. The maximum absolute atomic E-state index is 12.8. The normalized spacial score (nSPS) is 13.6. The van der Waals surface area contributed by atoms with E-state index in [2.05, 4.69) is 10.4 Å². The van der Waals surface area contributed by atoms with Gasteiger partial charge in [-0.15, -0.1) is 16.4 Å². The van der Waals surface area contributed by atoms with Gasteiger partial charge < -0.3 is 5.32 Å². The summed E-state index contributed by atoms with van der Waals surface area (Å²) in [6.45, 7) is 0.729. The van der Waals surface area contributed by atoms with Crippen molar-refractivity contribution in [2.24, 2.45) is 0 Å². The van der Waals surface area contributed by atoms with Crippen LogP contribution in [0.2, 0.25) is 0 Å². The molecule has 2 aromatic carbocycles. The quantitative estimate of drug-likeness (QED) is 0.498. The summed E-state index contributed by atoms with van der Waals surface area (Å²) in [6.07, 6.45) is 2.35. The lowest BCUT2D eigenvalue weighted by Crippen LogP contribution is -2.32. The molecule has 0 atom stereocenters. The van der Waals surface area contributed by atoms with Crippen LogP contribution in [0.1, 0.15) is 24.4 Å². The Hall–Kier alpha value is -3.19. The highest BCUT2D eigenvalue weighted by atomic mass is 32.1. The molecule has 0 saturated heterocycles. The van der Waals surface area contributed by atoms with Crippen LogP contribution < -0.4 is 11.0 Å². The van der Waals surface area contributed by atoms with Gasteiger partial charge in [0.15, 0.2) is 5.82 Å².